The number of rotatable bonds is 3. The Morgan fingerprint density at radius 1 is 1.32 bits per heavy atom. The number of nitrogens with zero attached hydrogens (tertiary/aromatic N) is 2. The Labute approximate surface area is 108 Å². The van der Waals surface area contributed by atoms with Crippen LogP contribution in [-0.2, 0) is 6.61 Å². The van der Waals surface area contributed by atoms with Gasteiger partial charge in [-0.05, 0) is 6.07 Å². The molecule has 0 aliphatic carbocycles. The van der Waals surface area contributed by atoms with Gasteiger partial charge in [-0.15, -0.1) is 0 Å². The van der Waals surface area contributed by atoms with Crippen molar-refractivity contribution in [1.29, 1.82) is 5.26 Å². The van der Waals surface area contributed by atoms with Crippen molar-refractivity contribution in [3.05, 3.63) is 53.4 Å². The molecular formula is C13H9F2N3O. The van der Waals surface area contributed by atoms with Crippen molar-refractivity contribution in [2.24, 2.45) is 0 Å². The summed E-state index contributed by atoms with van der Waals surface area (Å²) in [5, 5.41) is 8.83. The minimum atomic E-state index is -0.763. The van der Waals surface area contributed by atoms with E-state index in [9.17, 15) is 8.78 Å². The van der Waals surface area contributed by atoms with E-state index in [0.717, 1.165) is 12.1 Å². The second-order valence-electron chi connectivity index (χ2n) is 3.72. The number of hydrogen-bond acceptors (Lipinski definition) is 4. The van der Waals surface area contributed by atoms with Crippen LogP contribution in [0.25, 0.3) is 0 Å². The van der Waals surface area contributed by atoms with E-state index < -0.39 is 11.6 Å². The van der Waals surface area contributed by atoms with Crippen LogP contribution in [0.1, 0.15) is 11.3 Å². The highest BCUT2D eigenvalue weighted by Gasteiger charge is 2.10. The number of benzene rings is 1. The molecule has 6 heteroatoms. The Morgan fingerprint density at radius 3 is 2.84 bits per heavy atom. The van der Waals surface area contributed by atoms with Gasteiger partial charge >= 0.3 is 0 Å². The molecule has 0 unspecified atom stereocenters. The van der Waals surface area contributed by atoms with Crippen LogP contribution in [0.15, 0.2) is 30.5 Å². The van der Waals surface area contributed by atoms with Crippen molar-refractivity contribution < 1.29 is 13.5 Å². The van der Waals surface area contributed by atoms with Crippen LogP contribution in [0.5, 0.6) is 5.75 Å². The van der Waals surface area contributed by atoms with Crippen LogP contribution in [0.4, 0.5) is 14.5 Å². The van der Waals surface area contributed by atoms with Crippen molar-refractivity contribution in [1.82, 2.24) is 4.98 Å². The van der Waals surface area contributed by atoms with E-state index in [1.807, 2.05) is 6.07 Å². The van der Waals surface area contributed by atoms with Gasteiger partial charge in [0.2, 0.25) is 0 Å². The Balaban J connectivity index is 2.20. The lowest BCUT2D eigenvalue weighted by Gasteiger charge is -2.09. The first kappa shape index (κ1) is 12.8. The highest BCUT2D eigenvalue weighted by Crippen LogP contribution is 2.24. The van der Waals surface area contributed by atoms with E-state index in [0.29, 0.717) is 5.56 Å². The Hall–Kier alpha value is -2.68. The third-order valence-corrected chi connectivity index (χ3v) is 2.43. The zero-order valence-electron chi connectivity index (χ0n) is 9.73. The average Bonchev–Trinajstić information content (AvgIpc) is 2.41. The first-order valence-electron chi connectivity index (χ1n) is 5.33. The Bertz CT molecular complexity index is 653. The minimum Gasteiger partial charge on any atom is -0.486 e. The van der Waals surface area contributed by atoms with Crippen LogP contribution >= 0.6 is 0 Å². The summed E-state index contributed by atoms with van der Waals surface area (Å²) < 4.78 is 31.8. The van der Waals surface area contributed by atoms with Crippen LogP contribution in [0, 0.1) is 23.0 Å². The lowest BCUT2D eigenvalue weighted by molar-refractivity contribution is 0.288. The van der Waals surface area contributed by atoms with Crippen LogP contribution in [0.2, 0.25) is 0 Å². The summed E-state index contributed by atoms with van der Waals surface area (Å²) in [5.74, 6) is -1.79. The molecule has 0 fully saturated rings. The van der Waals surface area contributed by atoms with Crippen molar-refractivity contribution in [3.63, 3.8) is 0 Å². The van der Waals surface area contributed by atoms with E-state index in [1.54, 1.807) is 12.1 Å². The zero-order valence-corrected chi connectivity index (χ0v) is 9.73. The largest absolute Gasteiger partial charge is 0.486 e. The zero-order chi connectivity index (χ0) is 13.8. The number of nitriles is 1. The molecule has 2 N–H and O–H groups in total. The molecule has 0 aliphatic heterocycles. The Kier molecular flexibility index (Phi) is 3.57. The van der Waals surface area contributed by atoms with Gasteiger partial charge < -0.3 is 10.5 Å². The fraction of sp³-hybridized carbons (Fsp3) is 0.0769. The molecule has 1 aromatic carbocycles. The molecule has 96 valence electrons. The molecule has 0 saturated carbocycles. The van der Waals surface area contributed by atoms with Gasteiger partial charge in [-0.2, -0.15) is 5.26 Å². The summed E-state index contributed by atoms with van der Waals surface area (Å²) >= 11 is 0. The third kappa shape index (κ3) is 2.77. The molecular weight excluding hydrogens is 252 g/mol. The smallest absolute Gasteiger partial charge is 0.167 e. The highest BCUT2D eigenvalue weighted by molar-refractivity contribution is 5.44. The lowest BCUT2D eigenvalue weighted by Crippen LogP contribution is -2.02. The normalized spacial score (nSPS) is 9.95. The maximum absolute atomic E-state index is 13.5. The molecule has 0 atom stereocenters. The van der Waals surface area contributed by atoms with Gasteiger partial charge in [-0.25, -0.2) is 13.8 Å². The summed E-state index contributed by atoms with van der Waals surface area (Å²) in [6, 6.07) is 6.85. The van der Waals surface area contributed by atoms with Gasteiger partial charge in [0.15, 0.2) is 11.6 Å². The van der Waals surface area contributed by atoms with Crippen LogP contribution in [0.3, 0.4) is 0 Å². The topological polar surface area (TPSA) is 71.9 Å². The molecule has 0 amide bonds. The molecule has 1 aromatic heterocycles. The number of anilines is 1. The van der Waals surface area contributed by atoms with E-state index in [4.69, 9.17) is 15.7 Å². The lowest BCUT2D eigenvalue weighted by atomic mass is 10.2. The maximum Gasteiger partial charge on any atom is 0.167 e. The summed E-state index contributed by atoms with van der Waals surface area (Å²) in [7, 11) is 0. The fourth-order valence-corrected chi connectivity index (χ4v) is 1.47. The van der Waals surface area contributed by atoms with Crippen LogP contribution < -0.4 is 10.5 Å². The summed E-state index contributed by atoms with van der Waals surface area (Å²) in [5.41, 5.74) is 5.60. The number of hydrogen-bond donors (Lipinski definition) is 1. The summed E-state index contributed by atoms with van der Waals surface area (Å²) in [6.45, 7) is -0.0863. The van der Waals surface area contributed by atoms with Gasteiger partial charge in [0.05, 0.1) is 5.69 Å². The molecule has 2 aromatic rings. The van der Waals surface area contributed by atoms with Crippen molar-refractivity contribution in [3.8, 4) is 11.8 Å². The van der Waals surface area contributed by atoms with Crippen molar-refractivity contribution in [2.45, 2.75) is 6.61 Å². The van der Waals surface area contributed by atoms with Gasteiger partial charge in [-0.3, -0.25) is 0 Å². The molecule has 0 radical (unpaired) electrons. The number of nitrogens with two attached hydrogens (primary N) is 1. The second-order valence-corrected chi connectivity index (χ2v) is 3.72. The minimum absolute atomic E-state index is 0.0863. The quantitative estimate of drug-likeness (QED) is 0.861. The first-order valence-corrected chi connectivity index (χ1v) is 5.33. The van der Waals surface area contributed by atoms with Gasteiger partial charge in [0.1, 0.15) is 24.2 Å². The van der Waals surface area contributed by atoms with Gasteiger partial charge in [0.25, 0.3) is 0 Å². The third-order valence-electron chi connectivity index (χ3n) is 2.43. The van der Waals surface area contributed by atoms with Crippen molar-refractivity contribution in [2.75, 3.05) is 5.73 Å². The highest BCUT2D eigenvalue weighted by atomic mass is 19.1. The number of nitrogen functional groups attached to an aromatic ring is 1. The second kappa shape index (κ2) is 5.31. The molecule has 1 heterocycles. The monoisotopic (exact) mass is 261 g/mol. The average molecular weight is 261 g/mol. The number of pyridine rings is 1. The molecule has 0 aliphatic rings. The van der Waals surface area contributed by atoms with E-state index in [1.165, 1.54) is 6.20 Å². The van der Waals surface area contributed by atoms with Crippen molar-refractivity contribution >= 4 is 5.69 Å². The molecule has 0 bridgehead atoms. The van der Waals surface area contributed by atoms with Gasteiger partial charge in [-0.1, -0.05) is 6.07 Å². The fourth-order valence-electron chi connectivity index (χ4n) is 1.47. The number of aromatic nitrogens is 1. The number of ether oxygens (including phenoxy) is 1. The van der Waals surface area contributed by atoms with Crippen LogP contribution in [-0.4, -0.2) is 4.98 Å². The summed E-state index contributed by atoms with van der Waals surface area (Å²) in [6.07, 6.45) is 1.46. The summed E-state index contributed by atoms with van der Waals surface area (Å²) in [4.78, 5) is 3.83. The predicted molar refractivity (Wildman–Crippen MR) is 64.1 cm³/mol. The molecule has 0 saturated heterocycles. The maximum atomic E-state index is 13.5. The molecule has 2 rings (SSSR count). The van der Waals surface area contributed by atoms with E-state index in [-0.39, 0.29) is 23.7 Å². The van der Waals surface area contributed by atoms with Gasteiger partial charge in [0, 0.05) is 23.9 Å². The molecule has 0 spiro atoms. The van der Waals surface area contributed by atoms with E-state index >= 15 is 0 Å². The number of halogens is 2. The van der Waals surface area contributed by atoms with E-state index in [2.05, 4.69) is 4.98 Å². The Morgan fingerprint density at radius 2 is 2.11 bits per heavy atom. The predicted octanol–water partition coefficient (Wildman–Crippen LogP) is 2.39. The standard InChI is InChI=1S/C13H9F2N3O/c14-9-5-13(10(15)4-11(9)17)19-7-8-2-1-3-18-12(8)6-16/h1-5H,7,17H2. The molecule has 19 heavy (non-hydrogen) atoms. The molecule has 4 nitrogen and oxygen atoms in total. The first-order chi connectivity index (χ1) is 9.11. The SMILES string of the molecule is N#Cc1ncccc1COc1cc(F)c(N)cc1F.